The van der Waals surface area contributed by atoms with Crippen LogP contribution in [0.15, 0.2) is 12.1 Å². The van der Waals surface area contributed by atoms with Crippen LogP contribution in [0, 0.1) is 0 Å². The summed E-state index contributed by atoms with van der Waals surface area (Å²) in [5.74, 6) is 0.533. The van der Waals surface area contributed by atoms with E-state index in [0.29, 0.717) is 23.1 Å². The number of anilines is 1. The summed E-state index contributed by atoms with van der Waals surface area (Å²) in [7, 11) is 0. The highest BCUT2D eigenvalue weighted by Gasteiger charge is 2.08. The second-order valence-corrected chi connectivity index (χ2v) is 4.80. The number of pyridine rings is 1. The van der Waals surface area contributed by atoms with E-state index >= 15 is 0 Å². The van der Waals surface area contributed by atoms with Crippen LogP contribution in [0.5, 0.6) is 0 Å². The molecule has 4 nitrogen and oxygen atoms in total. The number of carbonyl (C=O) groups excluding carboxylic acids is 1. The summed E-state index contributed by atoms with van der Waals surface area (Å²) in [6.45, 7) is 5.58. The molecule has 0 aliphatic rings. The summed E-state index contributed by atoms with van der Waals surface area (Å²) < 4.78 is 0. The lowest BCUT2D eigenvalue weighted by molar-refractivity contribution is 0.0953. The van der Waals surface area contributed by atoms with Gasteiger partial charge in [0, 0.05) is 18.7 Å². The normalized spacial score (nSPS) is 10.3. The first-order chi connectivity index (χ1) is 9.17. The predicted molar refractivity (Wildman–Crippen MR) is 79.9 cm³/mol. The van der Waals surface area contributed by atoms with Gasteiger partial charge in [-0.25, -0.2) is 4.98 Å². The molecule has 0 aliphatic carbocycles. The molecule has 0 bridgehead atoms. The lowest BCUT2D eigenvalue weighted by Crippen LogP contribution is -2.24. The standard InChI is InChI=1S/C14H22ClN3O/c1-3-5-6-7-8-17-14(19)11-9-12(15)18-13(10-11)16-4-2/h9-10H,3-8H2,1-2H3,(H,16,18)(H,17,19). The van der Waals surface area contributed by atoms with Gasteiger partial charge in [0.25, 0.3) is 5.91 Å². The van der Waals surface area contributed by atoms with Gasteiger partial charge < -0.3 is 10.6 Å². The summed E-state index contributed by atoms with van der Waals surface area (Å²) >= 11 is 5.90. The summed E-state index contributed by atoms with van der Waals surface area (Å²) in [6, 6.07) is 3.31. The largest absolute Gasteiger partial charge is 0.370 e. The average Bonchev–Trinajstić information content (AvgIpc) is 2.38. The fourth-order valence-electron chi connectivity index (χ4n) is 1.76. The van der Waals surface area contributed by atoms with Crippen molar-refractivity contribution in [2.45, 2.75) is 39.5 Å². The summed E-state index contributed by atoms with van der Waals surface area (Å²) in [6.07, 6.45) is 4.57. The number of hydrogen-bond acceptors (Lipinski definition) is 3. The number of nitrogens with zero attached hydrogens (tertiary/aromatic N) is 1. The third-order valence-electron chi connectivity index (χ3n) is 2.73. The second-order valence-electron chi connectivity index (χ2n) is 4.41. The lowest BCUT2D eigenvalue weighted by Gasteiger charge is -2.08. The van der Waals surface area contributed by atoms with Crippen LogP contribution in [0.2, 0.25) is 5.15 Å². The number of rotatable bonds is 8. The zero-order valence-corrected chi connectivity index (χ0v) is 12.4. The van der Waals surface area contributed by atoms with Crippen molar-refractivity contribution in [1.29, 1.82) is 0 Å². The van der Waals surface area contributed by atoms with Gasteiger partial charge >= 0.3 is 0 Å². The lowest BCUT2D eigenvalue weighted by atomic mass is 10.2. The number of nitrogens with one attached hydrogen (secondary N) is 2. The van der Waals surface area contributed by atoms with Gasteiger partial charge in [0.2, 0.25) is 0 Å². The quantitative estimate of drug-likeness (QED) is 0.567. The Morgan fingerprint density at radius 1 is 1.26 bits per heavy atom. The molecule has 0 unspecified atom stereocenters. The number of halogens is 1. The zero-order valence-electron chi connectivity index (χ0n) is 11.6. The van der Waals surface area contributed by atoms with Crippen LogP contribution < -0.4 is 10.6 Å². The maximum Gasteiger partial charge on any atom is 0.251 e. The van der Waals surface area contributed by atoms with Gasteiger partial charge in [0.1, 0.15) is 11.0 Å². The topological polar surface area (TPSA) is 54.0 Å². The monoisotopic (exact) mass is 283 g/mol. The molecule has 0 radical (unpaired) electrons. The molecule has 19 heavy (non-hydrogen) atoms. The Hall–Kier alpha value is -1.29. The molecular weight excluding hydrogens is 262 g/mol. The van der Waals surface area contributed by atoms with Gasteiger partial charge in [-0.05, 0) is 25.5 Å². The van der Waals surface area contributed by atoms with Crippen molar-refractivity contribution in [3.8, 4) is 0 Å². The Bertz CT molecular complexity index is 410. The van der Waals surface area contributed by atoms with Crippen LogP contribution in [0.25, 0.3) is 0 Å². The van der Waals surface area contributed by atoms with E-state index in [1.54, 1.807) is 12.1 Å². The second kappa shape index (κ2) is 8.75. The van der Waals surface area contributed by atoms with Crippen molar-refractivity contribution in [2.75, 3.05) is 18.4 Å². The highest BCUT2D eigenvalue weighted by molar-refractivity contribution is 6.29. The van der Waals surface area contributed by atoms with E-state index < -0.39 is 0 Å². The van der Waals surface area contributed by atoms with Crippen molar-refractivity contribution in [2.24, 2.45) is 0 Å². The van der Waals surface area contributed by atoms with Gasteiger partial charge in [-0.3, -0.25) is 4.79 Å². The smallest absolute Gasteiger partial charge is 0.251 e. The Morgan fingerprint density at radius 2 is 2.05 bits per heavy atom. The SMILES string of the molecule is CCCCCCNC(=O)c1cc(Cl)nc(NCC)c1. The number of aromatic nitrogens is 1. The van der Waals surface area contributed by atoms with E-state index in [2.05, 4.69) is 22.5 Å². The van der Waals surface area contributed by atoms with Gasteiger partial charge in [0.15, 0.2) is 0 Å². The Balaban J connectivity index is 2.51. The number of hydrogen-bond donors (Lipinski definition) is 2. The predicted octanol–water partition coefficient (Wildman–Crippen LogP) is 3.48. The van der Waals surface area contributed by atoms with Crippen molar-refractivity contribution in [3.05, 3.63) is 22.8 Å². The van der Waals surface area contributed by atoms with Crippen LogP contribution in [0.1, 0.15) is 49.9 Å². The molecule has 0 saturated heterocycles. The molecule has 1 aromatic heterocycles. The first kappa shape index (κ1) is 15.8. The molecule has 0 aromatic carbocycles. The van der Waals surface area contributed by atoms with Gasteiger partial charge in [-0.1, -0.05) is 37.8 Å². The Morgan fingerprint density at radius 3 is 2.74 bits per heavy atom. The van der Waals surface area contributed by atoms with Crippen molar-refractivity contribution >= 4 is 23.3 Å². The minimum absolute atomic E-state index is 0.0973. The number of unbranched alkanes of at least 4 members (excludes halogenated alkanes) is 3. The Labute approximate surface area is 120 Å². The van der Waals surface area contributed by atoms with Gasteiger partial charge in [-0.15, -0.1) is 0 Å². The van der Waals surface area contributed by atoms with E-state index in [-0.39, 0.29) is 5.91 Å². The highest BCUT2D eigenvalue weighted by Crippen LogP contribution is 2.14. The maximum absolute atomic E-state index is 12.0. The number of carbonyl (C=O) groups is 1. The van der Waals surface area contributed by atoms with Crippen molar-refractivity contribution in [1.82, 2.24) is 10.3 Å². The molecule has 0 saturated carbocycles. The van der Waals surface area contributed by atoms with Gasteiger partial charge in [0.05, 0.1) is 0 Å². The van der Waals surface area contributed by atoms with Crippen LogP contribution in [-0.4, -0.2) is 24.0 Å². The third-order valence-corrected chi connectivity index (χ3v) is 2.92. The number of amides is 1. The van der Waals surface area contributed by atoms with Crippen LogP contribution >= 0.6 is 11.6 Å². The van der Waals surface area contributed by atoms with Crippen LogP contribution in [0.3, 0.4) is 0 Å². The summed E-state index contributed by atoms with van der Waals surface area (Å²) in [5.41, 5.74) is 0.548. The molecule has 5 heteroatoms. The molecular formula is C14H22ClN3O. The molecule has 1 heterocycles. The van der Waals surface area contributed by atoms with E-state index in [1.165, 1.54) is 12.8 Å². The van der Waals surface area contributed by atoms with E-state index in [0.717, 1.165) is 19.4 Å². The first-order valence-corrected chi connectivity index (χ1v) is 7.24. The first-order valence-electron chi connectivity index (χ1n) is 6.87. The molecule has 1 rings (SSSR count). The molecule has 0 fully saturated rings. The average molecular weight is 284 g/mol. The van der Waals surface area contributed by atoms with Crippen LogP contribution in [0.4, 0.5) is 5.82 Å². The summed E-state index contributed by atoms with van der Waals surface area (Å²) in [5, 5.41) is 6.28. The zero-order chi connectivity index (χ0) is 14.1. The summed E-state index contributed by atoms with van der Waals surface area (Å²) in [4.78, 5) is 16.1. The van der Waals surface area contributed by atoms with Crippen LogP contribution in [-0.2, 0) is 0 Å². The van der Waals surface area contributed by atoms with E-state index in [9.17, 15) is 4.79 Å². The van der Waals surface area contributed by atoms with E-state index in [4.69, 9.17) is 11.6 Å². The Kier molecular flexibility index (Phi) is 7.26. The highest BCUT2D eigenvalue weighted by atomic mass is 35.5. The molecule has 0 atom stereocenters. The fraction of sp³-hybridized carbons (Fsp3) is 0.571. The third kappa shape index (κ3) is 5.92. The molecule has 106 valence electrons. The molecule has 0 aliphatic heterocycles. The molecule has 1 amide bonds. The molecule has 1 aromatic rings. The molecule has 2 N–H and O–H groups in total. The van der Waals surface area contributed by atoms with E-state index in [1.807, 2.05) is 6.92 Å². The van der Waals surface area contributed by atoms with Crippen molar-refractivity contribution in [3.63, 3.8) is 0 Å². The fourth-order valence-corrected chi connectivity index (χ4v) is 1.96. The molecule has 0 spiro atoms. The minimum Gasteiger partial charge on any atom is -0.370 e. The van der Waals surface area contributed by atoms with Crippen molar-refractivity contribution < 1.29 is 4.79 Å². The van der Waals surface area contributed by atoms with Gasteiger partial charge in [-0.2, -0.15) is 0 Å². The maximum atomic E-state index is 12.0. The minimum atomic E-state index is -0.0973.